The molecule has 5 nitrogen and oxygen atoms in total. The van der Waals surface area contributed by atoms with Crippen LogP contribution in [0, 0.1) is 5.82 Å². The molecule has 0 aliphatic heterocycles. The second-order valence-electron chi connectivity index (χ2n) is 3.72. The van der Waals surface area contributed by atoms with Gasteiger partial charge in [0.1, 0.15) is 11.6 Å². The number of halogens is 1. The number of aryl methyl sites for hydroxylation is 1. The number of nitrogen functional groups attached to an aromatic ring is 1. The van der Waals surface area contributed by atoms with E-state index in [2.05, 4.69) is 5.10 Å². The molecule has 0 unspecified atom stereocenters. The van der Waals surface area contributed by atoms with Gasteiger partial charge in [0.15, 0.2) is 11.5 Å². The van der Waals surface area contributed by atoms with Crippen LogP contribution >= 0.6 is 0 Å². The molecule has 0 fully saturated rings. The lowest BCUT2D eigenvalue weighted by Gasteiger charge is -2.13. The minimum atomic E-state index is -0.438. The lowest BCUT2D eigenvalue weighted by molar-refractivity contribution is 0.354. The average Bonchev–Trinajstić information content (AvgIpc) is 2.69. The fraction of sp³-hybridized carbons (Fsp3) is 0.250. The fourth-order valence-corrected chi connectivity index (χ4v) is 1.79. The standard InChI is InChI=1S/C12H14FN3O2/c1-16-12(14)7(6-15-16)10-8(13)4-5-9(17-2)11(10)18-3/h4-6H,14H2,1-3H3. The molecule has 0 aliphatic rings. The molecule has 0 bridgehead atoms. The van der Waals surface area contributed by atoms with Crippen molar-refractivity contribution in [3.63, 3.8) is 0 Å². The molecule has 1 aromatic carbocycles. The summed E-state index contributed by atoms with van der Waals surface area (Å²) in [5, 5.41) is 3.99. The summed E-state index contributed by atoms with van der Waals surface area (Å²) in [5.74, 6) is 0.669. The molecule has 0 radical (unpaired) electrons. The van der Waals surface area contributed by atoms with Crippen molar-refractivity contribution in [3.8, 4) is 22.6 Å². The van der Waals surface area contributed by atoms with Gasteiger partial charge in [-0.3, -0.25) is 4.68 Å². The number of nitrogens with two attached hydrogens (primary N) is 1. The van der Waals surface area contributed by atoms with Gasteiger partial charge in [0.2, 0.25) is 0 Å². The first-order valence-corrected chi connectivity index (χ1v) is 5.28. The third-order valence-corrected chi connectivity index (χ3v) is 2.75. The molecule has 0 saturated carbocycles. The molecule has 96 valence electrons. The van der Waals surface area contributed by atoms with Crippen molar-refractivity contribution in [3.05, 3.63) is 24.1 Å². The van der Waals surface area contributed by atoms with Crippen LogP contribution in [0.1, 0.15) is 0 Å². The molecule has 0 atom stereocenters. The Kier molecular flexibility index (Phi) is 3.10. The summed E-state index contributed by atoms with van der Waals surface area (Å²) < 4.78 is 25.8. The van der Waals surface area contributed by atoms with Gasteiger partial charge in [-0.25, -0.2) is 4.39 Å². The van der Waals surface area contributed by atoms with Crippen LogP contribution < -0.4 is 15.2 Å². The number of methoxy groups -OCH3 is 2. The summed E-state index contributed by atoms with van der Waals surface area (Å²) in [6.45, 7) is 0. The number of benzene rings is 1. The van der Waals surface area contributed by atoms with Gasteiger partial charge in [-0.2, -0.15) is 5.10 Å². The number of hydrogen-bond donors (Lipinski definition) is 1. The largest absolute Gasteiger partial charge is 0.493 e. The van der Waals surface area contributed by atoms with E-state index in [1.165, 1.54) is 37.2 Å². The van der Waals surface area contributed by atoms with Crippen LogP contribution in [-0.2, 0) is 7.05 Å². The summed E-state index contributed by atoms with van der Waals surface area (Å²) >= 11 is 0. The van der Waals surface area contributed by atoms with Crippen molar-refractivity contribution < 1.29 is 13.9 Å². The van der Waals surface area contributed by atoms with Crippen LogP contribution in [0.5, 0.6) is 11.5 Å². The monoisotopic (exact) mass is 251 g/mol. The molecule has 2 aromatic rings. The summed E-state index contributed by atoms with van der Waals surface area (Å²) in [6, 6.07) is 2.81. The van der Waals surface area contributed by atoms with Gasteiger partial charge >= 0.3 is 0 Å². The lowest BCUT2D eigenvalue weighted by atomic mass is 10.1. The highest BCUT2D eigenvalue weighted by atomic mass is 19.1. The Bertz CT molecular complexity index is 581. The van der Waals surface area contributed by atoms with Crippen LogP contribution in [0.3, 0.4) is 0 Å². The van der Waals surface area contributed by atoms with Crippen LogP contribution in [0.25, 0.3) is 11.1 Å². The minimum Gasteiger partial charge on any atom is -0.493 e. The summed E-state index contributed by atoms with van der Waals surface area (Å²) in [7, 11) is 4.63. The molecular formula is C12H14FN3O2. The van der Waals surface area contributed by atoms with E-state index in [1.54, 1.807) is 7.05 Å². The first-order valence-electron chi connectivity index (χ1n) is 5.28. The van der Waals surface area contributed by atoms with E-state index < -0.39 is 5.82 Å². The topological polar surface area (TPSA) is 62.3 Å². The molecule has 18 heavy (non-hydrogen) atoms. The number of hydrogen-bond acceptors (Lipinski definition) is 4. The Hall–Kier alpha value is -2.24. The molecule has 1 heterocycles. The van der Waals surface area contributed by atoms with Gasteiger partial charge in [-0.1, -0.05) is 0 Å². The zero-order valence-corrected chi connectivity index (χ0v) is 10.4. The molecule has 2 N–H and O–H groups in total. The number of nitrogens with zero attached hydrogens (tertiary/aromatic N) is 2. The predicted molar refractivity (Wildman–Crippen MR) is 66.1 cm³/mol. The number of aromatic nitrogens is 2. The number of anilines is 1. The summed E-state index contributed by atoms with van der Waals surface area (Å²) in [5.41, 5.74) is 6.59. The SMILES string of the molecule is COc1ccc(F)c(-c2cnn(C)c2N)c1OC. The zero-order chi connectivity index (χ0) is 13.3. The molecule has 0 spiro atoms. The summed E-state index contributed by atoms with van der Waals surface area (Å²) in [4.78, 5) is 0. The fourth-order valence-electron chi connectivity index (χ4n) is 1.79. The highest BCUT2D eigenvalue weighted by Gasteiger charge is 2.20. The highest BCUT2D eigenvalue weighted by Crippen LogP contribution is 2.41. The normalized spacial score (nSPS) is 10.4. The van der Waals surface area contributed by atoms with E-state index in [9.17, 15) is 4.39 Å². The maximum atomic E-state index is 14.0. The van der Waals surface area contributed by atoms with Crippen molar-refractivity contribution >= 4 is 5.82 Å². The van der Waals surface area contributed by atoms with Crippen LogP contribution in [-0.4, -0.2) is 24.0 Å². The highest BCUT2D eigenvalue weighted by molar-refractivity contribution is 5.81. The van der Waals surface area contributed by atoms with Crippen molar-refractivity contribution in [1.29, 1.82) is 0 Å². The van der Waals surface area contributed by atoms with Gasteiger partial charge in [0, 0.05) is 7.05 Å². The van der Waals surface area contributed by atoms with E-state index in [0.717, 1.165) is 0 Å². The van der Waals surface area contributed by atoms with Crippen LogP contribution in [0.2, 0.25) is 0 Å². The summed E-state index contributed by atoms with van der Waals surface area (Å²) in [6.07, 6.45) is 1.50. The molecule has 2 rings (SSSR count). The van der Waals surface area contributed by atoms with E-state index >= 15 is 0 Å². The first kappa shape index (κ1) is 12.2. The lowest BCUT2D eigenvalue weighted by Crippen LogP contribution is -2.00. The van der Waals surface area contributed by atoms with Gasteiger partial charge in [-0.15, -0.1) is 0 Å². The second-order valence-corrected chi connectivity index (χ2v) is 3.72. The van der Waals surface area contributed by atoms with Gasteiger partial charge < -0.3 is 15.2 Å². The maximum absolute atomic E-state index is 14.0. The van der Waals surface area contributed by atoms with Gasteiger partial charge in [-0.05, 0) is 12.1 Å². The Morgan fingerprint density at radius 3 is 2.50 bits per heavy atom. The molecule has 0 saturated heterocycles. The maximum Gasteiger partial charge on any atom is 0.171 e. The zero-order valence-electron chi connectivity index (χ0n) is 10.4. The average molecular weight is 251 g/mol. The predicted octanol–water partition coefficient (Wildman–Crippen LogP) is 1.83. The van der Waals surface area contributed by atoms with Crippen molar-refractivity contribution in [1.82, 2.24) is 9.78 Å². The molecule has 6 heteroatoms. The van der Waals surface area contributed by atoms with E-state index in [1.807, 2.05) is 0 Å². The first-order chi connectivity index (χ1) is 8.60. The third kappa shape index (κ3) is 1.75. The van der Waals surface area contributed by atoms with Crippen LogP contribution in [0.15, 0.2) is 18.3 Å². The third-order valence-electron chi connectivity index (χ3n) is 2.75. The number of rotatable bonds is 3. The Morgan fingerprint density at radius 1 is 1.28 bits per heavy atom. The Balaban J connectivity index is 2.73. The Morgan fingerprint density at radius 2 is 2.00 bits per heavy atom. The van der Waals surface area contributed by atoms with E-state index in [-0.39, 0.29) is 5.56 Å². The molecular weight excluding hydrogens is 237 g/mol. The molecule has 1 aromatic heterocycles. The molecule has 0 amide bonds. The number of ether oxygens (including phenoxy) is 2. The van der Waals surface area contributed by atoms with Gasteiger partial charge in [0.25, 0.3) is 0 Å². The smallest absolute Gasteiger partial charge is 0.171 e. The molecule has 0 aliphatic carbocycles. The second kappa shape index (κ2) is 4.56. The Labute approximate surface area is 104 Å². The quantitative estimate of drug-likeness (QED) is 0.903. The van der Waals surface area contributed by atoms with Crippen molar-refractivity contribution in [2.75, 3.05) is 20.0 Å². The minimum absolute atomic E-state index is 0.252. The van der Waals surface area contributed by atoms with E-state index in [4.69, 9.17) is 15.2 Å². The van der Waals surface area contributed by atoms with Crippen molar-refractivity contribution in [2.24, 2.45) is 7.05 Å². The van der Waals surface area contributed by atoms with Crippen LogP contribution in [0.4, 0.5) is 10.2 Å². The van der Waals surface area contributed by atoms with Crippen molar-refractivity contribution in [2.45, 2.75) is 0 Å². The van der Waals surface area contributed by atoms with E-state index in [0.29, 0.717) is 22.9 Å². The van der Waals surface area contributed by atoms with Gasteiger partial charge in [0.05, 0.1) is 31.5 Å².